The molecule has 0 amide bonds. The molecule has 0 N–H and O–H groups in total. The molecule has 3 rings (SSSR count). The number of methoxy groups -OCH3 is 1. The van der Waals surface area contributed by atoms with Crippen LogP contribution in [0.3, 0.4) is 0 Å². The minimum Gasteiger partial charge on any atom is -0.466 e. The number of ether oxygens (including phenoxy) is 4. The van der Waals surface area contributed by atoms with E-state index in [2.05, 4.69) is 0 Å². The third kappa shape index (κ3) is 3.50. The fourth-order valence-corrected chi connectivity index (χ4v) is 4.12. The zero-order chi connectivity index (χ0) is 19.9. The SMILES string of the molecule is COC(=O)/C(=C/OC1C=C(C)C(=O)O1)C1CC(C)=C2C1OC(=O)CC2(C)C. The average molecular weight is 376 g/mol. The molecule has 1 aliphatic carbocycles. The van der Waals surface area contributed by atoms with Gasteiger partial charge in [0, 0.05) is 17.6 Å². The Balaban J connectivity index is 1.88. The fraction of sp³-hybridized carbons (Fsp3) is 0.550. The predicted octanol–water partition coefficient (Wildman–Crippen LogP) is 2.57. The number of fused-ring (bicyclic) bond motifs is 1. The van der Waals surface area contributed by atoms with E-state index in [-0.39, 0.29) is 17.0 Å². The van der Waals surface area contributed by atoms with Crippen LogP contribution in [0.1, 0.15) is 40.5 Å². The van der Waals surface area contributed by atoms with Crippen molar-refractivity contribution in [2.45, 2.75) is 52.9 Å². The summed E-state index contributed by atoms with van der Waals surface area (Å²) >= 11 is 0. The van der Waals surface area contributed by atoms with Gasteiger partial charge in [-0.1, -0.05) is 19.4 Å². The summed E-state index contributed by atoms with van der Waals surface area (Å²) in [7, 11) is 1.28. The molecule has 7 heteroatoms. The summed E-state index contributed by atoms with van der Waals surface area (Å²) in [6, 6.07) is 0. The molecule has 0 radical (unpaired) electrons. The number of hydrogen-bond acceptors (Lipinski definition) is 7. The van der Waals surface area contributed by atoms with Gasteiger partial charge in [-0.15, -0.1) is 0 Å². The van der Waals surface area contributed by atoms with Crippen LogP contribution < -0.4 is 0 Å². The monoisotopic (exact) mass is 376 g/mol. The van der Waals surface area contributed by atoms with E-state index in [1.165, 1.54) is 19.4 Å². The zero-order valence-corrected chi connectivity index (χ0v) is 16.2. The van der Waals surface area contributed by atoms with Crippen LogP contribution in [0.25, 0.3) is 0 Å². The fourth-order valence-electron chi connectivity index (χ4n) is 4.12. The van der Waals surface area contributed by atoms with E-state index >= 15 is 0 Å². The Labute approximate surface area is 158 Å². The summed E-state index contributed by atoms with van der Waals surface area (Å²) in [6.07, 6.45) is 2.23. The Morgan fingerprint density at radius 2 is 1.96 bits per heavy atom. The predicted molar refractivity (Wildman–Crippen MR) is 93.9 cm³/mol. The number of cyclic esters (lactones) is 1. The van der Waals surface area contributed by atoms with Crippen LogP contribution in [0.15, 0.2) is 34.6 Å². The molecule has 0 bridgehead atoms. The molecule has 3 unspecified atom stereocenters. The first-order valence-corrected chi connectivity index (χ1v) is 8.87. The third-order valence-corrected chi connectivity index (χ3v) is 5.29. The Kier molecular flexibility index (Phi) is 4.88. The van der Waals surface area contributed by atoms with Gasteiger partial charge in [0.05, 0.1) is 25.4 Å². The zero-order valence-electron chi connectivity index (χ0n) is 16.2. The van der Waals surface area contributed by atoms with Crippen molar-refractivity contribution in [1.29, 1.82) is 0 Å². The number of rotatable bonds is 4. The highest BCUT2D eigenvalue weighted by Gasteiger charge is 2.49. The lowest BCUT2D eigenvalue weighted by atomic mass is 9.75. The standard InChI is InChI=1S/C20H24O7/c1-10-6-12(17-16(10)20(3,4)8-14(21)26-17)13(19(23)24-5)9-25-15-7-11(2)18(22)27-15/h7,9,12,15,17H,6,8H2,1-5H3/b13-9+. The first kappa shape index (κ1) is 19.2. The Morgan fingerprint density at radius 3 is 2.56 bits per heavy atom. The molecular formula is C20H24O7. The molecule has 7 nitrogen and oxygen atoms in total. The van der Waals surface area contributed by atoms with E-state index < -0.39 is 30.3 Å². The van der Waals surface area contributed by atoms with Gasteiger partial charge < -0.3 is 18.9 Å². The van der Waals surface area contributed by atoms with Crippen molar-refractivity contribution in [3.05, 3.63) is 34.6 Å². The average Bonchev–Trinajstić information content (AvgIpc) is 3.06. The second kappa shape index (κ2) is 6.87. The smallest absolute Gasteiger partial charge is 0.337 e. The summed E-state index contributed by atoms with van der Waals surface area (Å²) in [5.74, 6) is -1.73. The van der Waals surface area contributed by atoms with Gasteiger partial charge in [-0.3, -0.25) is 4.79 Å². The van der Waals surface area contributed by atoms with Crippen LogP contribution in [-0.4, -0.2) is 37.4 Å². The van der Waals surface area contributed by atoms with E-state index in [0.717, 1.165) is 11.1 Å². The van der Waals surface area contributed by atoms with Gasteiger partial charge in [-0.25, -0.2) is 9.59 Å². The molecule has 3 aliphatic rings. The molecule has 0 spiro atoms. The maximum absolute atomic E-state index is 12.4. The van der Waals surface area contributed by atoms with E-state index in [1.54, 1.807) is 6.92 Å². The van der Waals surface area contributed by atoms with Gasteiger partial charge >= 0.3 is 17.9 Å². The Morgan fingerprint density at radius 1 is 1.26 bits per heavy atom. The quantitative estimate of drug-likeness (QED) is 0.245. The molecule has 0 aromatic carbocycles. The van der Waals surface area contributed by atoms with Crippen molar-refractivity contribution in [2.75, 3.05) is 7.11 Å². The molecule has 3 atom stereocenters. The summed E-state index contributed by atoms with van der Waals surface area (Å²) in [5, 5.41) is 0. The van der Waals surface area contributed by atoms with Crippen molar-refractivity contribution in [3.63, 3.8) is 0 Å². The van der Waals surface area contributed by atoms with E-state index in [0.29, 0.717) is 18.4 Å². The summed E-state index contributed by atoms with van der Waals surface area (Å²) in [5.41, 5.74) is 2.50. The number of hydrogen-bond donors (Lipinski definition) is 0. The molecule has 2 heterocycles. The molecule has 146 valence electrons. The van der Waals surface area contributed by atoms with Crippen LogP contribution in [0.5, 0.6) is 0 Å². The first-order chi connectivity index (χ1) is 12.6. The Bertz CT molecular complexity index is 784. The van der Waals surface area contributed by atoms with Crippen molar-refractivity contribution in [2.24, 2.45) is 11.3 Å². The maximum Gasteiger partial charge on any atom is 0.337 e. The van der Waals surface area contributed by atoms with Gasteiger partial charge in [-0.05, 0) is 31.3 Å². The van der Waals surface area contributed by atoms with Gasteiger partial charge in [0.25, 0.3) is 6.29 Å². The van der Waals surface area contributed by atoms with Crippen molar-refractivity contribution in [1.82, 2.24) is 0 Å². The van der Waals surface area contributed by atoms with E-state index in [4.69, 9.17) is 18.9 Å². The van der Waals surface area contributed by atoms with Crippen LogP contribution in [0.4, 0.5) is 0 Å². The van der Waals surface area contributed by atoms with Crippen LogP contribution in [-0.2, 0) is 33.3 Å². The number of esters is 3. The van der Waals surface area contributed by atoms with Crippen molar-refractivity contribution in [3.8, 4) is 0 Å². The highest BCUT2D eigenvalue weighted by molar-refractivity contribution is 5.90. The Hall–Kier alpha value is -2.57. The molecular weight excluding hydrogens is 352 g/mol. The maximum atomic E-state index is 12.4. The second-order valence-electron chi connectivity index (χ2n) is 7.80. The van der Waals surface area contributed by atoms with Gasteiger partial charge in [-0.2, -0.15) is 0 Å². The molecule has 0 aromatic heterocycles. The largest absolute Gasteiger partial charge is 0.466 e. The summed E-state index contributed by atoms with van der Waals surface area (Å²) in [6.45, 7) is 7.62. The summed E-state index contributed by atoms with van der Waals surface area (Å²) < 4.78 is 21.0. The highest BCUT2D eigenvalue weighted by atomic mass is 16.7. The lowest BCUT2D eigenvalue weighted by Gasteiger charge is -2.38. The van der Waals surface area contributed by atoms with Crippen LogP contribution in [0.2, 0.25) is 0 Å². The second-order valence-corrected chi connectivity index (χ2v) is 7.80. The molecule has 0 saturated carbocycles. The van der Waals surface area contributed by atoms with Gasteiger partial charge in [0.1, 0.15) is 6.10 Å². The molecule has 0 aromatic rings. The third-order valence-electron chi connectivity index (χ3n) is 5.29. The lowest BCUT2D eigenvalue weighted by Crippen LogP contribution is -2.40. The molecule has 2 aliphatic heterocycles. The van der Waals surface area contributed by atoms with Crippen molar-refractivity contribution < 1.29 is 33.3 Å². The topological polar surface area (TPSA) is 88.1 Å². The highest BCUT2D eigenvalue weighted by Crippen LogP contribution is 2.50. The van der Waals surface area contributed by atoms with E-state index in [1.807, 2.05) is 20.8 Å². The van der Waals surface area contributed by atoms with E-state index in [9.17, 15) is 14.4 Å². The van der Waals surface area contributed by atoms with Gasteiger partial charge in [0.2, 0.25) is 0 Å². The molecule has 27 heavy (non-hydrogen) atoms. The normalized spacial score (nSPS) is 29.7. The number of allylic oxidation sites excluding steroid dienone is 1. The minimum absolute atomic E-state index is 0.247. The lowest BCUT2D eigenvalue weighted by molar-refractivity contribution is -0.157. The first-order valence-electron chi connectivity index (χ1n) is 8.87. The van der Waals surface area contributed by atoms with Crippen LogP contribution in [0, 0.1) is 11.3 Å². The molecule has 1 fully saturated rings. The minimum atomic E-state index is -0.891. The summed E-state index contributed by atoms with van der Waals surface area (Å²) in [4.78, 5) is 36.0. The number of carbonyl (C=O) groups is 3. The van der Waals surface area contributed by atoms with Crippen molar-refractivity contribution >= 4 is 17.9 Å². The van der Waals surface area contributed by atoms with Gasteiger partial charge in [0.15, 0.2) is 0 Å². The van der Waals surface area contributed by atoms with Crippen LogP contribution >= 0.6 is 0 Å². The molecule has 1 saturated heterocycles. The number of carbonyl (C=O) groups excluding carboxylic acids is 3.